The van der Waals surface area contributed by atoms with Crippen LogP contribution in [-0.4, -0.2) is 23.6 Å². The smallest absolute Gasteiger partial charge is 0.237 e. The molecule has 1 amide bonds. The van der Waals surface area contributed by atoms with Gasteiger partial charge in [-0.3, -0.25) is 4.79 Å². The van der Waals surface area contributed by atoms with Crippen LogP contribution in [-0.2, 0) is 11.2 Å². The number of hydrogen-bond donors (Lipinski definition) is 3. The first kappa shape index (κ1) is 14.9. The van der Waals surface area contributed by atoms with E-state index in [1.165, 1.54) is 19.3 Å². The summed E-state index contributed by atoms with van der Waals surface area (Å²) in [6.07, 6.45) is 4.16. The fraction of sp³-hybridized carbons (Fsp3) is 0.562. The fourth-order valence-electron chi connectivity index (χ4n) is 2.87. The van der Waals surface area contributed by atoms with Crippen molar-refractivity contribution in [3.05, 3.63) is 29.8 Å². The lowest BCUT2D eigenvalue weighted by Gasteiger charge is -2.15. The standard InChI is InChI=1S/C16H24N2O2/c1-11-2-3-13(8-11)10-18-16(20)15(17)9-12-4-6-14(19)7-5-12/h4-7,11,13,15,19H,2-3,8-10,17H2,1H3,(H,18,20)/t11?,13?,15-/m1/s1. The van der Waals surface area contributed by atoms with Crippen LogP contribution in [0, 0.1) is 11.8 Å². The van der Waals surface area contributed by atoms with Crippen molar-refractivity contribution < 1.29 is 9.90 Å². The molecule has 4 nitrogen and oxygen atoms in total. The number of aromatic hydroxyl groups is 1. The molecule has 110 valence electrons. The minimum Gasteiger partial charge on any atom is -0.508 e. The molecular weight excluding hydrogens is 252 g/mol. The highest BCUT2D eigenvalue weighted by Gasteiger charge is 2.22. The first-order chi connectivity index (χ1) is 9.54. The van der Waals surface area contributed by atoms with Crippen LogP contribution < -0.4 is 11.1 Å². The molecule has 0 bridgehead atoms. The van der Waals surface area contributed by atoms with Gasteiger partial charge in [-0.1, -0.05) is 25.5 Å². The third-order valence-corrected chi connectivity index (χ3v) is 4.10. The van der Waals surface area contributed by atoms with Crippen molar-refractivity contribution >= 4 is 5.91 Å². The van der Waals surface area contributed by atoms with Crippen LogP contribution in [0.3, 0.4) is 0 Å². The molecule has 1 fully saturated rings. The molecule has 1 aromatic carbocycles. The molecule has 0 aromatic heterocycles. The van der Waals surface area contributed by atoms with Crippen LogP contribution in [0.1, 0.15) is 31.7 Å². The summed E-state index contributed by atoms with van der Waals surface area (Å²) < 4.78 is 0. The molecule has 1 aliphatic rings. The highest BCUT2D eigenvalue weighted by molar-refractivity contribution is 5.81. The zero-order chi connectivity index (χ0) is 14.5. The predicted molar refractivity (Wildman–Crippen MR) is 79.3 cm³/mol. The van der Waals surface area contributed by atoms with Crippen LogP contribution in [0.2, 0.25) is 0 Å². The maximum absolute atomic E-state index is 12.0. The van der Waals surface area contributed by atoms with Gasteiger partial charge >= 0.3 is 0 Å². The highest BCUT2D eigenvalue weighted by Crippen LogP contribution is 2.29. The minimum atomic E-state index is -0.529. The number of amides is 1. The number of carbonyl (C=O) groups is 1. The first-order valence-corrected chi connectivity index (χ1v) is 7.36. The Balaban J connectivity index is 1.75. The summed E-state index contributed by atoms with van der Waals surface area (Å²) in [5.41, 5.74) is 6.88. The molecule has 1 aliphatic carbocycles. The zero-order valence-electron chi connectivity index (χ0n) is 12.0. The van der Waals surface area contributed by atoms with E-state index in [4.69, 9.17) is 5.73 Å². The third kappa shape index (κ3) is 4.23. The van der Waals surface area contributed by atoms with Gasteiger partial charge in [-0.25, -0.2) is 0 Å². The Morgan fingerprint density at radius 1 is 1.40 bits per heavy atom. The number of rotatable bonds is 5. The lowest BCUT2D eigenvalue weighted by molar-refractivity contribution is -0.122. The molecular formula is C16H24N2O2. The van der Waals surface area contributed by atoms with Crippen molar-refractivity contribution in [1.29, 1.82) is 0 Å². The Bertz CT molecular complexity index is 444. The lowest BCUT2D eigenvalue weighted by Crippen LogP contribution is -2.43. The molecule has 3 atom stereocenters. The zero-order valence-corrected chi connectivity index (χ0v) is 12.0. The normalized spacial score (nSPS) is 23.5. The topological polar surface area (TPSA) is 75.4 Å². The molecule has 4 heteroatoms. The van der Waals surface area contributed by atoms with Crippen molar-refractivity contribution in [3.8, 4) is 5.75 Å². The second kappa shape index (κ2) is 6.75. The second-order valence-electron chi connectivity index (χ2n) is 6.01. The van der Waals surface area contributed by atoms with Crippen LogP contribution in [0.5, 0.6) is 5.75 Å². The monoisotopic (exact) mass is 276 g/mol. The first-order valence-electron chi connectivity index (χ1n) is 7.36. The third-order valence-electron chi connectivity index (χ3n) is 4.10. The van der Waals surface area contributed by atoms with Crippen LogP contribution in [0.15, 0.2) is 24.3 Å². The summed E-state index contributed by atoms with van der Waals surface area (Å²) in [7, 11) is 0. The molecule has 2 rings (SSSR count). The molecule has 0 heterocycles. The van der Waals surface area contributed by atoms with Gasteiger partial charge in [0.05, 0.1) is 6.04 Å². The molecule has 4 N–H and O–H groups in total. The van der Waals surface area contributed by atoms with E-state index in [1.54, 1.807) is 24.3 Å². The van der Waals surface area contributed by atoms with Gasteiger partial charge in [-0.2, -0.15) is 0 Å². The molecule has 2 unspecified atom stereocenters. The van der Waals surface area contributed by atoms with Crippen LogP contribution >= 0.6 is 0 Å². The van der Waals surface area contributed by atoms with E-state index in [0.29, 0.717) is 12.3 Å². The number of nitrogens with one attached hydrogen (secondary N) is 1. The van der Waals surface area contributed by atoms with Gasteiger partial charge in [0.2, 0.25) is 5.91 Å². The Kier molecular flexibility index (Phi) is 5.01. The van der Waals surface area contributed by atoms with E-state index in [-0.39, 0.29) is 11.7 Å². The van der Waals surface area contributed by atoms with E-state index in [0.717, 1.165) is 18.0 Å². The van der Waals surface area contributed by atoms with Crippen molar-refractivity contribution in [2.45, 2.75) is 38.6 Å². The highest BCUT2D eigenvalue weighted by atomic mass is 16.3. The Morgan fingerprint density at radius 2 is 2.10 bits per heavy atom. The summed E-state index contributed by atoms with van der Waals surface area (Å²) in [4.78, 5) is 12.0. The van der Waals surface area contributed by atoms with Crippen molar-refractivity contribution in [2.24, 2.45) is 17.6 Å². The number of phenols is 1. The molecule has 1 aromatic rings. The Morgan fingerprint density at radius 3 is 2.70 bits per heavy atom. The van der Waals surface area contributed by atoms with Crippen molar-refractivity contribution in [2.75, 3.05) is 6.54 Å². The summed E-state index contributed by atoms with van der Waals surface area (Å²) >= 11 is 0. The summed E-state index contributed by atoms with van der Waals surface area (Å²) in [5, 5.41) is 12.2. The maximum atomic E-state index is 12.0. The van der Waals surface area contributed by atoms with Gasteiger partial charge in [-0.05, 0) is 48.8 Å². The number of phenolic OH excluding ortho intramolecular Hbond substituents is 1. The molecule has 20 heavy (non-hydrogen) atoms. The SMILES string of the molecule is CC1CCC(CNC(=O)[C@H](N)Cc2ccc(O)cc2)C1. The predicted octanol–water partition coefficient (Wildman–Crippen LogP) is 1.81. The number of nitrogens with two attached hydrogens (primary N) is 1. The lowest BCUT2D eigenvalue weighted by atomic mass is 10.0. The van der Waals surface area contributed by atoms with Crippen molar-refractivity contribution in [1.82, 2.24) is 5.32 Å². The molecule has 0 saturated heterocycles. The number of hydrogen-bond acceptors (Lipinski definition) is 3. The van der Waals surface area contributed by atoms with Gasteiger partial charge < -0.3 is 16.2 Å². The second-order valence-corrected chi connectivity index (χ2v) is 6.01. The van der Waals surface area contributed by atoms with Gasteiger partial charge in [0.1, 0.15) is 5.75 Å². The Labute approximate surface area is 120 Å². The minimum absolute atomic E-state index is 0.0855. The van der Waals surface area contributed by atoms with E-state index in [2.05, 4.69) is 12.2 Å². The van der Waals surface area contributed by atoms with E-state index >= 15 is 0 Å². The van der Waals surface area contributed by atoms with Gasteiger partial charge in [0.15, 0.2) is 0 Å². The summed E-state index contributed by atoms with van der Waals surface area (Å²) in [5.74, 6) is 1.53. The summed E-state index contributed by atoms with van der Waals surface area (Å²) in [6, 6.07) is 6.28. The van der Waals surface area contributed by atoms with Crippen LogP contribution in [0.4, 0.5) is 0 Å². The molecule has 0 aliphatic heterocycles. The molecule has 0 radical (unpaired) electrons. The average Bonchev–Trinajstić information content (AvgIpc) is 2.84. The maximum Gasteiger partial charge on any atom is 0.237 e. The van der Waals surface area contributed by atoms with Gasteiger partial charge in [-0.15, -0.1) is 0 Å². The molecule has 0 spiro atoms. The van der Waals surface area contributed by atoms with E-state index in [1.807, 2.05) is 0 Å². The number of carbonyl (C=O) groups excluding carboxylic acids is 1. The van der Waals surface area contributed by atoms with E-state index in [9.17, 15) is 9.90 Å². The fourth-order valence-corrected chi connectivity index (χ4v) is 2.87. The van der Waals surface area contributed by atoms with Crippen molar-refractivity contribution in [3.63, 3.8) is 0 Å². The van der Waals surface area contributed by atoms with Gasteiger partial charge in [0.25, 0.3) is 0 Å². The quantitative estimate of drug-likeness (QED) is 0.768. The summed E-state index contributed by atoms with van der Waals surface area (Å²) in [6.45, 7) is 3.00. The number of benzene rings is 1. The molecule has 1 saturated carbocycles. The van der Waals surface area contributed by atoms with Gasteiger partial charge in [0, 0.05) is 6.54 Å². The largest absolute Gasteiger partial charge is 0.508 e. The average molecular weight is 276 g/mol. The van der Waals surface area contributed by atoms with Crippen LogP contribution in [0.25, 0.3) is 0 Å². The van der Waals surface area contributed by atoms with E-state index < -0.39 is 6.04 Å². The Hall–Kier alpha value is -1.55.